The third-order valence-corrected chi connectivity index (χ3v) is 3.40. The molecule has 0 aliphatic carbocycles. The summed E-state index contributed by atoms with van der Waals surface area (Å²) in [5.41, 5.74) is 0.218. The van der Waals surface area contributed by atoms with E-state index in [1.807, 2.05) is 0 Å². The van der Waals surface area contributed by atoms with Crippen LogP contribution in [0.3, 0.4) is 0 Å². The second-order valence-electron chi connectivity index (χ2n) is 3.69. The van der Waals surface area contributed by atoms with Crippen LogP contribution in [0.1, 0.15) is 24.2 Å². The number of ether oxygens (including phenoxy) is 1. The predicted molar refractivity (Wildman–Crippen MR) is 63.2 cm³/mol. The Morgan fingerprint density at radius 1 is 1.35 bits per heavy atom. The quantitative estimate of drug-likeness (QED) is 0.821. The van der Waals surface area contributed by atoms with E-state index in [1.165, 1.54) is 31.3 Å². The fourth-order valence-corrected chi connectivity index (χ4v) is 1.97. The van der Waals surface area contributed by atoms with Crippen molar-refractivity contribution < 1.29 is 17.9 Å². The predicted octanol–water partition coefficient (Wildman–Crippen LogP) is 1.16. The second kappa shape index (κ2) is 5.29. The van der Waals surface area contributed by atoms with Crippen LogP contribution in [-0.2, 0) is 14.8 Å². The summed E-state index contributed by atoms with van der Waals surface area (Å²) < 4.78 is 30.2. The summed E-state index contributed by atoms with van der Waals surface area (Å²) in [6.07, 6.45) is -0.243. The van der Waals surface area contributed by atoms with Gasteiger partial charge in [-0.25, -0.2) is 17.9 Å². The molecule has 0 aromatic heterocycles. The SMILES string of the molecule is CNS(=O)(=O)c1cccc(C(=O)OC(C)C)c1. The monoisotopic (exact) mass is 257 g/mol. The maximum atomic E-state index is 11.6. The molecule has 0 heterocycles. The van der Waals surface area contributed by atoms with Crippen molar-refractivity contribution in [2.75, 3.05) is 7.05 Å². The van der Waals surface area contributed by atoms with E-state index >= 15 is 0 Å². The Balaban J connectivity index is 3.06. The normalized spacial score (nSPS) is 11.5. The molecular weight excluding hydrogens is 242 g/mol. The highest BCUT2D eigenvalue weighted by Crippen LogP contribution is 2.12. The van der Waals surface area contributed by atoms with Crippen LogP contribution in [-0.4, -0.2) is 27.5 Å². The number of hydrogen-bond acceptors (Lipinski definition) is 4. The first-order chi connectivity index (χ1) is 7.86. The van der Waals surface area contributed by atoms with Crippen molar-refractivity contribution >= 4 is 16.0 Å². The molecule has 0 spiro atoms. The number of nitrogens with one attached hydrogen (secondary N) is 1. The van der Waals surface area contributed by atoms with Gasteiger partial charge in [0.1, 0.15) is 0 Å². The third kappa shape index (κ3) is 3.54. The van der Waals surface area contributed by atoms with E-state index in [1.54, 1.807) is 13.8 Å². The van der Waals surface area contributed by atoms with Crippen molar-refractivity contribution in [3.05, 3.63) is 29.8 Å². The Morgan fingerprint density at radius 3 is 2.53 bits per heavy atom. The van der Waals surface area contributed by atoms with Crippen molar-refractivity contribution in [3.63, 3.8) is 0 Å². The Labute approximate surface area is 101 Å². The molecule has 0 fully saturated rings. The molecule has 94 valence electrons. The van der Waals surface area contributed by atoms with Crippen molar-refractivity contribution in [3.8, 4) is 0 Å². The zero-order valence-electron chi connectivity index (χ0n) is 9.93. The van der Waals surface area contributed by atoms with Gasteiger partial charge in [0, 0.05) is 0 Å². The number of carbonyl (C=O) groups is 1. The Hall–Kier alpha value is -1.40. The molecule has 0 atom stereocenters. The minimum absolute atomic E-state index is 0.0400. The van der Waals surface area contributed by atoms with Gasteiger partial charge < -0.3 is 4.74 Å². The molecule has 17 heavy (non-hydrogen) atoms. The van der Waals surface area contributed by atoms with Gasteiger partial charge in [-0.15, -0.1) is 0 Å². The fourth-order valence-electron chi connectivity index (χ4n) is 1.19. The van der Waals surface area contributed by atoms with Crippen LogP contribution >= 0.6 is 0 Å². The van der Waals surface area contributed by atoms with E-state index in [0.29, 0.717) is 0 Å². The van der Waals surface area contributed by atoms with Gasteiger partial charge in [0.2, 0.25) is 10.0 Å². The van der Waals surface area contributed by atoms with E-state index < -0.39 is 16.0 Å². The summed E-state index contributed by atoms with van der Waals surface area (Å²) in [5.74, 6) is -0.534. The fraction of sp³-hybridized carbons (Fsp3) is 0.364. The highest BCUT2D eigenvalue weighted by Gasteiger charge is 2.15. The number of hydrogen-bond donors (Lipinski definition) is 1. The van der Waals surface area contributed by atoms with Gasteiger partial charge >= 0.3 is 5.97 Å². The molecule has 0 saturated heterocycles. The van der Waals surface area contributed by atoms with Gasteiger partial charge in [-0.3, -0.25) is 0 Å². The average molecular weight is 257 g/mol. The standard InChI is InChI=1S/C11H15NO4S/c1-8(2)16-11(13)9-5-4-6-10(7-9)17(14,15)12-3/h4-8,12H,1-3H3. The van der Waals surface area contributed by atoms with Crippen molar-refractivity contribution in [1.29, 1.82) is 0 Å². The zero-order valence-corrected chi connectivity index (χ0v) is 10.7. The van der Waals surface area contributed by atoms with Crippen LogP contribution < -0.4 is 4.72 Å². The Kier molecular flexibility index (Phi) is 4.25. The third-order valence-electron chi connectivity index (χ3n) is 1.99. The first kappa shape index (κ1) is 13.7. The molecule has 1 N–H and O–H groups in total. The number of esters is 1. The van der Waals surface area contributed by atoms with Crippen LogP contribution in [0.15, 0.2) is 29.2 Å². The van der Waals surface area contributed by atoms with E-state index in [9.17, 15) is 13.2 Å². The largest absolute Gasteiger partial charge is 0.459 e. The Bertz CT molecular complexity index is 508. The molecule has 0 unspecified atom stereocenters. The van der Waals surface area contributed by atoms with Crippen LogP contribution in [0.2, 0.25) is 0 Å². The summed E-state index contributed by atoms with van der Waals surface area (Å²) in [5, 5.41) is 0. The number of sulfonamides is 1. The maximum absolute atomic E-state index is 11.6. The summed E-state index contributed by atoms with van der Waals surface area (Å²) in [4.78, 5) is 11.6. The minimum Gasteiger partial charge on any atom is -0.459 e. The molecule has 0 aliphatic heterocycles. The lowest BCUT2D eigenvalue weighted by molar-refractivity contribution is 0.0377. The van der Waals surface area contributed by atoms with Gasteiger partial charge in [-0.2, -0.15) is 0 Å². The van der Waals surface area contributed by atoms with Crippen LogP contribution in [0.4, 0.5) is 0 Å². The lowest BCUT2D eigenvalue weighted by Crippen LogP contribution is -2.19. The lowest BCUT2D eigenvalue weighted by atomic mass is 10.2. The number of rotatable bonds is 4. The highest BCUT2D eigenvalue weighted by atomic mass is 32.2. The van der Waals surface area contributed by atoms with Gasteiger partial charge in [0.25, 0.3) is 0 Å². The number of benzene rings is 1. The van der Waals surface area contributed by atoms with Crippen LogP contribution in [0.25, 0.3) is 0 Å². The topological polar surface area (TPSA) is 72.5 Å². The van der Waals surface area contributed by atoms with Gasteiger partial charge in [0.15, 0.2) is 0 Å². The summed E-state index contributed by atoms with van der Waals surface area (Å²) in [6.45, 7) is 3.46. The van der Waals surface area contributed by atoms with Crippen molar-refractivity contribution in [2.24, 2.45) is 0 Å². The molecule has 5 nitrogen and oxygen atoms in total. The van der Waals surface area contributed by atoms with Crippen LogP contribution in [0, 0.1) is 0 Å². The summed E-state index contributed by atoms with van der Waals surface area (Å²) >= 11 is 0. The van der Waals surface area contributed by atoms with Crippen molar-refractivity contribution in [2.45, 2.75) is 24.8 Å². The molecule has 1 aromatic carbocycles. The molecule has 0 saturated carbocycles. The van der Waals surface area contributed by atoms with Gasteiger partial charge in [-0.05, 0) is 39.1 Å². The average Bonchev–Trinajstić information content (AvgIpc) is 2.28. The zero-order chi connectivity index (χ0) is 13.1. The highest BCUT2D eigenvalue weighted by molar-refractivity contribution is 7.89. The first-order valence-electron chi connectivity index (χ1n) is 5.11. The molecule has 1 rings (SSSR count). The van der Waals surface area contributed by atoms with E-state index in [4.69, 9.17) is 4.74 Å². The lowest BCUT2D eigenvalue weighted by Gasteiger charge is -2.09. The Morgan fingerprint density at radius 2 is 2.00 bits per heavy atom. The van der Waals surface area contributed by atoms with E-state index in [-0.39, 0.29) is 16.6 Å². The number of carbonyl (C=O) groups excluding carboxylic acids is 1. The van der Waals surface area contributed by atoms with Crippen LogP contribution in [0.5, 0.6) is 0 Å². The molecule has 0 radical (unpaired) electrons. The smallest absolute Gasteiger partial charge is 0.338 e. The van der Waals surface area contributed by atoms with E-state index in [2.05, 4.69) is 4.72 Å². The van der Waals surface area contributed by atoms with E-state index in [0.717, 1.165) is 0 Å². The van der Waals surface area contributed by atoms with Gasteiger partial charge in [-0.1, -0.05) is 6.07 Å². The molecule has 0 bridgehead atoms. The molecule has 0 aliphatic rings. The van der Waals surface area contributed by atoms with Gasteiger partial charge in [0.05, 0.1) is 16.6 Å². The first-order valence-corrected chi connectivity index (χ1v) is 6.59. The molecule has 1 aromatic rings. The molecule has 0 amide bonds. The second-order valence-corrected chi connectivity index (χ2v) is 5.58. The molecular formula is C11H15NO4S. The summed E-state index contributed by atoms with van der Waals surface area (Å²) in [7, 11) is -2.23. The molecule has 6 heteroatoms. The maximum Gasteiger partial charge on any atom is 0.338 e. The van der Waals surface area contributed by atoms with Crippen molar-refractivity contribution in [1.82, 2.24) is 4.72 Å². The minimum atomic E-state index is -3.54. The summed E-state index contributed by atoms with van der Waals surface area (Å²) in [6, 6.07) is 5.72.